The van der Waals surface area contributed by atoms with Crippen LogP contribution in [-0.2, 0) is 11.2 Å². The van der Waals surface area contributed by atoms with Gasteiger partial charge in [0.1, 0.15) is 5.75 Å². The third-order valence-electron chi connectivity index (χ3n) is 6.14. The van der Waals surface area contributed by atoms with E-state index < -0.39 is 0 Å². The molecule has 0 bridgehead atoms. The van der Waals surface area contributed by atoms with E-state index in [9.17, 15) is 4.79 Å². The fraction of sp³-hybridized carbons (Fsp3) is 0.435. The number of aryl methyl sites for hydroxylation is 1. The van der Waals surface area contributed by atoms with E-state index in [2.05, 4.69) is 54.1 Å². The van der Waals surface area contributed by atoms with Gasteiger partial charge in [-0.05, 0) is 43.1 Å². The summed E-state index contributed by atoms with van der Waals surface area (Å²) < 4.78 is 5.29. The summed E-state index contributed by atoms with van der Waals surface area (Å²) in [7, 11) is 3.90. The molecule has 2 saturated heterocycles. The van der Waals surface area contributed by atoms with Crippen LogP contribution in [0.1, 0.15) is 22.7 Å². The molecule has 3 atom stereocenters. The molecule has 0 saturated carbocycles. The van der Waals surface area contributed by atoms with Crippen LogP contribution in [0.2, 0.25) is 0 Å². The summed E-state index contributed by atoms with van der Waals surface area (Å²) in [5, 5.41) is 0. The van der Waals surface area contributed by atoms with E-state index >= 15 is 0 Å². The van der Waals surface area contributed by atoms with Gasteiger partial charge in [-0.2, -0.15) is 0 Å². The van der Waals surface area contributed by atoms with Crippen LogP contribution in [0.5, 0.6) is 5.75 Å². The number of nitrogens with zero attached hydrogens (tertiary/aromatic N) is 2. The van der Waals surface area contributed by atoms with E-state index in [4.69, 9.17) is 4.74 Å². The van der Waals surface area contributed by atoms with Crippen LogP contribution in [0.3, 0.4) is 0 Å². The number of likely N-dealkylation sites (tertiary alicyclic amines) is 2. The van der Waals surface area contributed by atoms with Gasteiger partial charge in [-0.3, -0.25) is 9.69 Å². The number of fused-ring (bicyclic) bond motifs is 1. The average molecular weight is 364 g/mol. The molecule has 4 heteroatoms. The van der Waals surface area contributed by atoms with Gasteiger partial charge in [0.25, 0.3) is 0 Å². The highest BCUT2D eigenvalue weighted by molar-refractivity contribution is 5.79. The number of ether oxygens (including phenoxy) is 1. The van der Waals surface area contributed by atoms with Crippen molar-refractivity contribution in [1.29, 1.82) is 0 Å². The number of carbonyl (C=O) groups excluding carboxylic acids is 1. The van der Waals surface area contributed by atoms with Gasteiger partial charge >= 0.3 is 0 Å². The number of benzene rings is 2. The molecule has 2 aliphatic heterocycles. The molecule has 2 aliphatic rings. The maximum absolute atomic E-state index is 12.9. The predicted molar refractivity (Wildman–Crippen MR) is 107 cm³/mol. The monoisotopic (exact) mass is 364 g/mol. The van der Waals surface area contributed by atoms with Crippen molar-refractivity contribution >= 4 is 5.91 Å². The maximum Gasteiger partial charge on any atom is 0.227 e. The lowest BCUT2D eigenvalue weighted by atomic mass is 9.89. The second kappa shape index (κ2) is 7.35. The Hall–Kier alpha value is -2.33. The van der Waals surface area contributed by atoms with E-state index in [0.29, 0.717) is 24.3 Å². The Morgan fingerprint density at radius 1 is 1.11 bits per heavy atom. The van der Waals surface area contributed by atoms with E-state index in [1.807, 2.05) is 18.2 Å². The first kappa shape index (κ1) is 18.1. The Balaban J connectivity index is 1.46. The van der Waals surface area contributed by atoms with Crippen LogP contribution in [0, 0.1) is 18.8 Å². The van der Waals surface area contributed by atoms with Gasteiger partial charge in [0, 0.05) is 31.6 Å². The molecule has 4 nitrogen and oxygen atoms in total. The molecule has 2 heterocycles. The highest BCUT2D eigenvalue weighted by Gasteiger charge is 2.47. The first-order chi connectivity index (χ1) is 13.0. The molecule has 2 aromatic carbocycles. The predicted octanol–water partition coefficient (Wildman–Crippen LogP) is 3.31. The van der Waals surface area contributed by atoms with Gasteiger partial charge in [0.15, 0.2) is 0 Å². The maximum atomic E-state index is 12.9. The third kappa shape index (κ3) is 3.59. The van der Waals surface area contributed by atoms with Gasteiger partial charge in [-0.15, -0.1) is 0 Å². The van der Waals surface area contributed by atoms with Crippen molar-refractivity contribution in [1.82, 2.24) is 9.80 Å². The third-order valence-corrected chi connectivity index (χ3v) is 6.14. The Kier molecular flexibility index (Phi) is 4.92. The number of carbonyl (C=O) groups is 1. The molecular formula is C23H28N2O2. The van der Waals surface area contributed by atoms with Crippen molar-refractivity contribution in [2.45, 2.75) is 19.4 Å². The van der Waals surface area contributed by atoms with Crippen LogP contribution < -0.4 is 4.74 Å². The molecular weight excluding hydrogens is 336 g/mol. The Labute approximate surface area is 161 Å². The molecule has 0 spiro atoms. The molecule has 27 heavy (non-hydrogen) atoms. The summed E-state index contributed by atoms with van der Waals surface area (Å²) in [5.74, 6) is 2.21. The molecule has 2 fully saturated rings. The van der Waals surface area contributed by atoms with Crippen molar-refractivity contribution in [3.05, 3.63) is 65.2 Å². The summed E-state index contributed by atoms with van der Waals surface area (Å²) in [4.78, 5) is 17.4. The van der Waals surface area contributed by atoms with Gasteiger partial charge < -0.3 is 9.64 Å². The number of hydrogen-bond donors (Lipinski definition) is 0. The van der Waals surface area contributed by atoms with Gasteiger partial charge in [-0.25, -0.2) is 0 Å². The smallest absolute Gasteiger partial charge is 0.227 e. The average Bonchev–Trinajstić information content (AvgIpc) is 3.18. The van der Waals surface area contributed by atoms with E-state index in [1.54, 1.807) is 7.11 Å². The SMILES string of the molecule is COc1ccc([C@H]2[C@@H]3CN(C(=O)Cc4cccc(C)c4)C[C@@H]3CN2C)cc1. The summed E-state index contributed by atoms with van der Waals surface area (Å²) in [6, 6.07) is 17.0. The lowest BCUT2D eigenvalue weighted by molar-refractivity contribution is -0.129. The van der Waals surface area contributed by atoms with Gasteiger partial charge in [-0.1, -0.05) is 42.0 Å². The van der Waals surface area contributed by atoms with E-state index in [-0.39, 0.29) is 5.91 Å². The summed E-state index contributed by atoms with van der Waals surface area (Å²) in [5.41, 5.74) is 3.64. The lowest BCUT2D eigenvalue weighted by Gasteiger charge is -2.27. The van der Waals surface area contributed by atoms with Crippen LogP contribution >= 0.6 is 0 Å². The van der Waals surface area contributed by atoms with E-state index in [1.165, 1.54) is 11.1 Å². The molecule has 0 unspecified atom stereocenters. The van der Waals surface area contributed by atoms with E-state index in [0.717, 1.165) is 30.9 Å². The molecule has 1 amide bonds. The summed E-state index contributed by atoms with van der Waals surface area (Å²) in [6.45, 7) is 4.86. The Morgan fingerprint density at radius 2 is 1.89 bits per heavy atom. The zero-order valence-electron chi connectivity index (χ0n) is 16.4. The second-order valence-electron chi connectivity index (χ2n) is 8.05. The first-order valence-electron chi connectivity index (χ1n) is 9.72. The minimum absolute atomic E-state index is 0.256. The quantitative estimate of drug-likeness (QED) is 0.834. The molecule has 0 aliphatic carbocycles. The lowest BCUT2D eigenvalue weighted by Crippen LogP contribution is -2.34. The highest BCUT2D eigenvalue weighted by Crippen LogP contribution is 2.44. The molecule has 4 rings (SSSR count). The van der Waals surface area contributed by atoms with Crippen molar-refractivity contribution in [3.8, 4) is 5.75 Å². The van der Waals surface area contributed by atoms with Crippen LogP contribution in [0.4, 0.5) is 0 Å². The Morgan fingerprint density at radius 3 is 2.59 bits per heavy atom. The van der Waals surface area contributed by atoms with Crippen LogP contribution in [0.15, 0.2) is 48.5 Å². The first-order valence-corrected chi connectivity index (χ1v) is 9.72. The molecule has 0 radical (unpaired) electrons. The standard InChI is InChI=1S/C23H28N2O2/c1-16-5-4-6-17(11-16)12-22(26)25-14-19-13-24(2)23(21(19)15-25)18-7-9-20(27-3)10-8-18/h4-11,19,21,23H,12-15H2,1-3H3/t19-,21+,23-/m0/s1. The van der Waals surface area contributed by atoms with Crippen molar-refractivity contribution in [2.24, 2.45) is 11.8 Å². The fourth-order valence-corrected chi connectivity index (χ4v) is 4.87. The van der Waals surface area contributed by atoms with Crippen molar-refractivity contribution in [3.63, 3.8) is 0 Å². The minimum Gasteiger partial charge on any atom is -0.497 e. The summed E-state index contributed by atoms with van der Waals surface area (Å²) in [6.07, 6.45) is 0.504. The molecule has 2 aromatic rings. The number of amides is 1. The van der Waals surface area contributed by atoms with Gasteiger partial charge in [0.05, 0.1) is 13.5 Å². The number of hydrogen-bond acceptors (Lipinski definition) is 3. The Bertz CT molecular complexity index is 817. The topological polar surface area (TPSA) is 32.8 Å². The fourth-order valence-electron chi connectivity index (χ4n) is 4.87. The summed E-state index contributed by atoms with van der Waals surface area (Å²) >= 11 is 0. The molecule has 142 valence electrons. The van der Waals surface area contributed by atoms with Crippen LogP contribution in [-0.4, -0.2) is 49.5 Å². The number of rotatable bonds is 4. The molecule has 0 aromatic heterocycles. The molecule has 0 N–H and O–H groups in total. The van der Waals surface area contributed by atoms with Crippen molar-refractivity contribution < 1.29 is 9.53 Å². The highest BCUT2D eigenvalue weighted by atomic mass is 16.5. The zero-order chi connectivity index (χ0) is 19.0. The zero-order valence-corrected chi connectivity index (χ0v) is 16.4. The number of methoxy groups -OCH3 is 1. The van der Waals surface area contributed by atoms with Gasteiger partial charge in [0.2, 0.25) is 5.91 Å². The van der Waals surface area contributed by atoms with Crippen molar-refractivity contribution in [2.75, 3.05) is 33.8 Å². The normalized spacial score (nSPS) is 24.9. The largest absolute Gasteiger partial charge is 0.497 e. The van der Waals surface area contributed by atoms with Crippen LogP contribution in [0.25, 0.3) is 0 Å². The minimum atomic E-state index is 0.256. The second-order valence-corrected chi connectivity index (χ2v) is 8.05.